The van der Waals surface area contributed by atoms with Crippen LogP contribution in [0.2, 0.25) is 0 Å². The molecule has 0 aliphatic carbocycles. The Bertz CT molecular complexity index is 972. The van der Waals surface area contributed by atoms with E-state index in [1.165, 1.54) is 6.33 Å². The summed E-state index contributed by atoms with van der Waals surface area (Å²) in [6.07, 6.45) is 0.650. The van der Waals surface area contributed by atoms with Gasteiger partial charge in [-0.05, 0) is 17.7 Å². The highest BCUT2D eigenvalue weighted by molar-refractivity contribution is 5.72. The highest BCUT2D eigenvalue weighted by Crippen LogP contribution is 2.17. The predicted octanol–water partition coefficient (Wildman–Crippen LogP) is 0.344. The Morgan fingerprint density at radius 2 is 2.07 bits per heavy atom. The monoisotopic (exact) mass is 413 g/mol. The first-order valence-corrected chi connectivity index (χ1v) is 8.99. The number of carbonyl (C=O) groups is 1. The minimum atomic E-state index is -1.07. The van der Waals surface area contributed by atoms with Crippen molar-refractivity contribution in [3.05, 3.63) is 60.6 Å². The van der Waals surface area contributed by atoms with E-state index < -0.39 is 24.3 Å². The van der Waals surface area contributed by atoms with Crippen molar-refractivity contribution in [1.29, 1.82) is 5.26 Å². The summed E-state index contributed by atoms with van der Waals surface area (Å²) in [5.74, 6) is 0.0763. The number of hydrogen-bond donors (Lipinski definition) is 3. The van der Waals surface area contributed by atoms with Crippen LogP contribution in [0.15, 0.2) is 55.0 Å². The molecule has 1 fully saturated rings. The molecule has 30 heavy (non-hydrogen) atoms. The fourth-order valence-electron chi connectivity index (χ4n) is 2.67. The van der Waals surface area contributed by atoms with Gasteiger partial charge in [-0.1, -0.05) is 30.3 Å². The topological polar surface area (TPSA) is 156 Å². The molecule has 0 spiro atoms. The summed E-state index contributed by atoms with van der Waals surface area (Å²) in [4.78, 5) is 15.5. The van der Waals surface area contributed by atoms with Crippen molar-refractivity contribution in [3.63, 3.8) is 0 Å². The van der Waals surface area contributed by atoms with Gasteiger partial charge in [-0.25, -0.2) is 9.50 Å². The fraction of sp³-hybridized carbons (Fsp3) is 0.300. The maximum atomic E-state index is 11.6. The molecule has 1 aliphatic heterocycles. The van der Waals surface area contributed by atoms with Gasteiger partial charge < -0.3 is 25.4 Å². The molecule has 0 amide bonds. The molecular formula is C20H23N5O5. The number of aliphatic hydroxyl groups excluding tert-OH is 2. The maximum Gasteiger partial charge on any atom is 0.310 e. The molecule has 0 saturated carbocycles. The maximum absolute atomic E-state index is 11.6. The number of carbonyl (C=O) groups excluding carboxylic acids is 1. The normalized spacial score (nSPS) is 19.6. The Morgan fingerprint density at radius 1 is 1.33 bits per heavy atom. The Morgan fingerprint density at radius 3 is 2.70 bits per heavy atom. The van der Waals surface area contributed by atoms with Crippen LogP contribution in [0.4, 0.5) is 5.82 Å². The minimum Gasteiger partial charge on any atom is -0.457 e. The molecule has 1 saturated heterocycles. The molecular weight excluding hydrogens is 390 g/mol. The number of fused-ring (bicyclic) bond motifs is 1. The first-order valence-electron chi connectivity index (χ1n) is 8.99. The van der Waals surface area contributed by atoms with Crippen LogP contribution < -0.4 is 5.73 Å². The van der Waals surface area contributed by atoms with E-state index in [0.717, 1.165) is 18.2 Å². The second-order valence-corrected chi connectivity index (χ2v) is 6.05. The van der Waals surface area contributed by atoms with Gasteiger partial charge in [0.15, 0.2) is 18.0 Å². The van der Waals surface area contributed by atoms with E-state index in [-0.39, 0.29) is 13.0 Å². The number of aliphatic hydroxyl groups is 2. The van der Waals surface area contributed by atoms with Gasteiger partial charge >= 0.3 is 5.97 Å². The van der Waals surface area contributed by atoms with Crippen LogP contribution in [-0.2, 0) is 20.7 Å². The third kappa shape index (κ3) is 5.99. The van der Waals surface area contributed by atoms with Crippen molar-refractivity contribution in [2.75, 3.05) is 19.5 Å². The molecule has 2 aromatic heterocycles. The first kappa shape index (κ1) is 22.8. The molecule has 4 N–H and O–H groups in total. The third-order valence-corrected chi connectivity index (χ3v) is 4.10. The summed E-state index contributed by atoms with van der Waals surface area (Å²) in [6.45, 7) is 0.0555. The smallest absolute Gasteiger partial charge is 0.310 e. The van der Waals surface area contributed by atoms with Crippen molar-refractivity contribution < 1.29 is 24.5 Å². The van der Waals surface area contributed by atoms with E-state index in [0.29, 0.717) is 5.82 Å². The number of nitrogens with zero attached hydrogens (tertiary/aromatic N) is 4. The van der Waals surface area contributed by atoms with E-state index in [1.54, 1.807) is 10.6 Å². The molecule has 3 heterocycles. The van der Waals surface area contributed by atoms with Gasteiger partial charge in [-0.2, -0.15) is 10.4 Å². The molecule has 1 aliphatic rings. The van der Waals surface area contributed by atoms with E-state index in [9.17, 15) is 9.90 Å². The predicted molar refractivity (Wildman–Crippen MR) is 107 cm³/mol. The highest BCUT2D eigenvalue weighted by Gasteiger charge is 2.38. The average molecular weight is 413 g/mol. The van der Waals surface area contributed by atoms with Crippen LogP contribution >= 0.6 is 0 Å². The van der Waals surface area contributed by atoms with Crippen molar-refractivity contribution in [2.45, 2.75) is 24.7 Å². The largest absolute Gasteiger partial charge is 0.457 e. The summed E-state index contributed by atoms with van der Waals surface area (Å²) in [7, 11) is 1.00. The number of ether oxygens (including phenoxy) is 2. The zero-order valence-corrected chi connectivity index (χ0v) is 16.3. The van der Waals surface area contributed by atoms with Crippen LogP contribution in [-0.4, -0.2) is 62.8 Å². The van der Waals surface area contributed by atoms with Crippen LogP contribution in [0.5, 0.6) is 0 Å². The summed E-state index contributed by atoms with van der Waals surface area (Å²) in [6, 6.07) is 14.7. The number of aromatic nitrogens is 3. The first-order chi connectivity index (χ1) is 14.6. The molecule has 3 atom stereocenters. The standard InChI is InChI=1S/C13H13NO4.C6H6N4.CH4O/c14-7-10-13(16)11(8-17-10)18-12(15)6-9-4-2-1-3-5-9;7-6-5-2-1-3-10(5)9-4-8-6;1-2/h1-5,10-11,13,16H,6,8H2;1-4H,(H2,7,8,9);2H,1H3. The number of nitrogens with two attached hydrogens (primary N) is 1. The minimum absolute atomic E-state index is 0.0555. The zero-order chi connectivity index (χ0) is 21.9. The molecule has 10 heteroatoms. The van der Waals surface area contributed by atoms with Gasteiger partial charge in [0.25, 0.3) is 0 Å². The number of benzene rings is 1. The van der Waals surface area contributed by atoms with Gasteiger partial charge in [-0.3, -0.25) is 4.79 Å². The van der Waals surface area contributed by atoms with Crippen molar-refractivity contribution in [3.8, 4) is 6.07 Å². The van der Waals surface area contributed by atoms with Gasteiger partial charge in [0, 0.05) is 13.3 Å². The Hall–Kier alpha value is -3.52. The van der Waals surface area contributed by atoms with Crippen LogP contribution in [0, 0.1) is 11.3 Å². The van der Waals surface area contributed by atoms with Crippen LogP contribution in [0.1, 0.15) is 5.56 Å². The fourth-order valence-corrected chi connectivity index (χ4v) is 2.67. The molecule has 0 bridgehead atoms. The lowest BCUT2D eigenvalue weighted by atomic mass is 10.1. The Kier molecular flexibility index (Phi) is 8.71. The molecule has 4 rings (SSSR count). The average Bonchev–Trinajstić information content (AvgIpc) is 3.39. The van der Waals surface area contributed by atoms with Crippen LogP contribution in [0.25, 0.3) is 5.52 Å². The number of esters is 1. The lowest BCUT2D eigenvalue weighted by molar-refractivity contribution is -0.151. The number of rotatable bonds is 3. The van der Waals surface area contributed by atoms with Gasteiger partial charge in [0.2, 0.25) is 0 Å². The van der Waals surface area contributed by atoms with E-state index >= 15 is 0 Å². The van der Waals surface area contributed by atoms with Crippen LogP contribution in [0.3, 0.4) is 0 Å². The Balaban J connectivity index is 0.000000224. The zero-order valence-electron chi connectivity index (χ0n) is 16.3. The molecule has 3 unspecified atom stereocenters. The summed E-state index contributed by atoms with van der Waals surface area (Å²) >= 11 is 0. The van der Waals surface area contributed by atoms with Crippen molar-refractivity contribution in [1.82, 2.24) is 14.6 Å². The lowest BCUT2D eigenvalue weighted by Crippen LogP contribution is -2.33. The van der Waals surface area contributed by atoms with E-state index in [4.69, 9.17) is 25.6 Å². The number of hydrogen-bond acceptors (Lipinski definition) is 9. The van der Waals surface area contributed by atoms with Gasteiger partial charge in [0.05, 0.1) is 19.1 Å². The quantitative estimate of drug-likeness (QED) is 0.515. The summed E-state index contributed by atoms with van der Waals surface area (Å²) < 4.78 is 11.8. The van der Waals surface area contributed by atoms with Crippen molar-refractivity contribution >= 4 is 17.3 Å². The molecule has 158 valence electrons. The number of nitriles is 1. The second-order valence-electron chi connectivity index (χ2n) is 6.05. The van der Waals surface area contributed by atoms with Gasteiger partial charge in [-0.15, -0.1) is 0 Å². The summed E-state index contributed by atoms with van der Waals surface area (Å²) in [5, 5.41) is 29.2. The lowest BCUT2D eigenvalue weighted by Gasteiger charge is -2.14. The summed E-state index contributed by atoms with van der Waals surface area (Å²) in [5.41, 5.74) is 7.22. The molecule has 0 radical (unpaired) electrons. The number of anilines is 1. The van der Waals surface area contributed by atoms with Gasteiger partial charge in [0.1, 0.15) is 17.9 Å². The molecule has 3 aromatic rings. The highest BCUT2D eigenvalue weighted by atomic mass is 16.6. The second kappa shape index (κ2) is 11.5. The van der Waals surface area contributed by atoms with E-state index in [2.05, 4.69) is 10.1 Å². The van der Waals surface area contributed by atoms with E-state index in [1.807, 2.05) is 48.7 Å². The Labute approximate surface area is 173 Å². The third-order valence-electron chi connectivity index (χ3n) is 4.10. The SMILES string of the molecule is CO.N#CC1OCC(OC(=O)Cc2ccccc2)C1O.Nc1ncnn2cccc12. The number of nitrogen functional groups attached to an aromatic ring is 1. The van der Waals surface area contributed by atoms with Crippen molar-refractivity contribution in [2.24, 2.45) is 0 Å². The molecule has 10 nitrogen and oxygen atoms in total. The molecule has 1 aromatic carbocycles.